The zero-order valence-corrected chi connectivity index (χ0v) is 17.3. The molecule has 1 aromatic carbocycles. The lowest BCUT2D eigenvalue weighted by atomic mass is 9.93. The summed E-state index contributed by atoms with van der Waals surface area (Å²) in [5.74, 6) is -0.761. The fourth-order valence-corrected chi connectivity index (χ4v) is 4.94. The Morgan fingerprint density at radius 2 is 1.86 bits per heavy atom. The van der Waals surface area contributed by atoms with Crippen molar-refractivity contribution in [2.24, 2.45) is 5.92 Å². The molecule has 0 spiro atoms. The molecule has 5 nitrogen and oxygen atoms in total. The monoisotopic (exact) mass is 418 g/mol. The number of carbonyl (C=O) groups is 2. The molecule has 3 heterocycles. The summed E-state index contributed by atoms with van der Waals surface area (Å²) in [5.41, 5.74) is 0.820. The van der Waals surface area contributed by atoms with Crippen molar-refractivity contribution in [1.82, 2.24) is 9.80 Å². The summed E-state index contributed by atoms with van der Waals surface area (Å²) in [4.78, 5) is 32.0. The molecule has 7 heteroatoms. The summed E-state index contributed by atoms with van der Waals surface area (Å²) >= 11 is 7.78. The highest BCUT2D eigenvalue weighted by molar-refractivity contribution is 7.11. The van der Waals surface area contributed by atoms with Crippen molar-refractivity contribution in [3.05, 3.63) is 56.7 Å². The van der Waals surface area contributed by atoms with Crippen LogP contribution >= 0.6 is 22.9 Å². The van der Waals surface area contributed by atoms with Gasteiger partial charge in [-0.25, -0.2) is 0 Å². The van der Waals surface area contributed by atoms with Crippen molar-refractivity contribution in [2.75, 3.05) is 26.2 Å². The topological polar surface area (TPSA) is 49.9 Å². The van der Waals surface area contributed by atoms with Gasteiger partial charge in [0.15, 0.2) is 0 Å². The molecule has 0 radical (unpaired) electrons. The predicted molar refractivity (Wildman–Crippen MR) is 109 cm³/mol. The molecule has 1 amide bonds. The van der Waals surface area contributed by atoms with E-state index in [9.17, 15) is 9.59 Å². The van der Waals surface area contributed by atoms with Crippen molar-refractivity contribution >= 4 is 34.8 Å². The number of piperazine rings is 1. The lowest BCUT2D eigenvalue weighted by Crippen LogP contribution is -2.50. The number of thiophene rings is 1. The second-order valence-electron chi connectivity index (χ2n) is 7.39. The highest BCUT2D eigenvalue weighted by atomic mass is 35.5. The standard InChI is InChI=1S/C21H23ClN2O3S/c1-14-2-7-17(28-14)13-23-8-10-24(11-9-23)21(26)18-12-19(25)27-20(18)15-3-5-16(22)6-4-15/h2-7,18,20H,8-13H2,1H3/t18-,20+/m1/s1. The first-order valence-electron chi connectivity index (χ1n) is 9.51. The number of nitrogens with zero attached hydrogens (tertiary/aromatic N) is 2. The van der Waals surface area contributed by atoms with Gasteiger partial charge in [0.2, 0.25) is 5.91 Å². The zero-order valence-electron chi connectivity index (χ0n) is 15.8. The molecule has 2 aromatic rings. The number of cyclic esters (lactones) is 1. The van der Waals surface area contributed by atoms with E-state index in [4.69, 9.17) is 16.3 Å². The minimum absolute atomic E-state index is 0.0115. The Labute approximate surface area is 173 Å². The van der Waals surface area contributed by atoms with E-state index >= 15 is 0 Å². The van der Waals surface area contributed by atoms with Crippen LogP contribution in [0.4, 0.5) is 0 Å². The van der Waals surface area contributed by atoms with E-state index in [1.807, 2.05) is 28.4 Å². The highest BCUT2D eigenvalue weighted by Gasteiger charge is 2.43. The second-order valence-corrected chi connectivity index (χ2v) is 9.20. The number of hydrogen-bond acceptors (Lipinski definition) is 5. The van der Waals surface area contributed by atoms with Crippen LogP contribution in [0.1, 0.15) is 27.8 Å². The summed E-state index contributed by atoms with van der Waals surface area (Å²) in [6, 6.07) is 11.5. The molecule has 4 rings (SSSR count). The fraction of sp³-hybridized carbons (Fsp3) is 0.429. The molecular formula is C21H23ClN2O3S. The van der Waals surface area contributed by atoms with Gasteiger partial charge >= 0.3 is 5.97 Å². The van der Waals surface area contributed by atoms with Gasteiger partial charge in [-0.05, 0) is 36.8 Å². The first-order valence-corrected chi connectivity index (χ1v) is 10.7. The quantitative estimate of drug-likeness (QED) is 0.711. The van der Waals surface area contributed by atoms with Gasteiger partial charge in [0, 0.05) is 47.5 Å². The van der Waals surface area contributed by atoms with Crippen LogP contribution in [0.15, 0.2) is 36.4 Å². The van der Waals surface area contributed by atoms with Crippen LogP contribution < -0.4 is 0 Å². The maximum absolute atomic E-state index is 13.1. The number of ether oxygens (including phenoxy) is 1. The molecule has 2 saturated heterocycles. The molecular weight excluding hydrogens is 396 g/mol. The Kier molecular flexibility index (Phi) is 5.71. The molecule has 148 valence electrons. The Morgan fingerprint density at radius 1 is 1.14 bits per heavy atom. The summed E-state index contributed by atoms with van der Waals surface area (Å²) < 4.78 is 5.48. The third kappa shape index (κ3) is 4.24. The van der Waals surface area contributed by atoms with Crippen LogP contribution in [0.5, 0.6) is 0 Å². The number of carbonyl (C=O) groups excluding carboxylic acids is 2. The van der Waals surface area contributed by atoms with Crippen molar-refractivity contribution in [3.63, 3.8) is 0 Å². The van der Waals surface area contributed by atoms with Gasteiger partial charge in [-0.2, -0.15) is 0 Å². The smallest absolute Gasteiger partial charge is 0.307 e. The van der Waals surface area contributed by atoms with Crippen molar-refractivity contribution in [3.8, 4) is 0 Å². The molecule has 0 saturated carbocycles. The Bertz CT molecular complexity index is 859. The zero-order chi connectivity index (χ0) is 19.7. The molecule has 2 aliphatic heterocycles. The van der Waals surface area contributed by atoms with Crippen LogP contribution in [0, 0.1) is 12.8 Å². The minimum Gasteiger partial charge on any atom is -0.457 e. The van der Waals surface area contributed by atoms with Gasteiger partial charge in [0.05, 0.1) is 12.3 Å². The number of amides is 1. The van der Waals surface area contributed by atoms with Gasteiger partial charge in [0.25, 0.3) is 0 Å². The normalized spacial score (nSPS) is 23.1. The van der Waals surface area contributed by atoms with Gasteiger partial charge in [-0.1, -0.05) is 23.7 Å². The van der Waals surface area contributed by atoms with Crippen molar-refractivity contribution in [2.45, 2.75) is 26.0 Å². The number of benzene rings is 1. The van der Waals surface area contributed by atoms with Gasteiger partial charge in [-0.15, -0.1) is 11.3 Å². The van der Waals surface area contributed by atoms with E-state index in [0.29, 0.717) is 18.1 Å². The van der Waals surface area contributed by atoms with Gasteiger partial charge < -0.3 is 9.64 Å². The molecule has 0 aliphatic carbocycles. The van der Waals surface area contributed by atoms with Crippen molar-refractivity contribution < 1.29 is 14.3 Å². The molecule has 1 aromatic heterocycles. The first kappa shape index (κ1) is 19.4. The first-order chi connectivity index (χ1) is 13.5. The fourth-order valence-electron chi connectivity index (χ4n) is 3.88. The highest BCUT2D eigenvalue weighted by Crippen LogP contribution is 2.37. The van der Waals surface area contributed by atoms with E-state index in [-0.39, 0.29) is 18.3 Å². The molecule has 0 bridgehead atoms. The molecule has 2 atom stereocenters. The summed E-state index contributed by atoms with van der Waals surface area (Å²) in [6.45, 7) is 6.10. The number of esters is 1. The Hall–Kier alpha value is -1.89. The lowest BCUT2D eigenvalue weighted by Gasteiger charge is -2.36. The van der Waals surface area contributed by atoms with Gasteiger partial charge in [0.1, 0.15) is 6.10 Å². The minimum atomic E-state index is -0.524. The Balaban J connectivity index is 1.38. The molecule has 2 aliphatic rings. The Morgan fingerprint density at radius 3 is 2.50 bits per heavy atom. The van der Waals surface area contributed by atoms with E-state index in [1.165, 1.54) is 9.75 Å². The van der Waals surface area contributed by atoms with Crippen LogP contribution in [-0.2, 0) is 20.9 Å². The average molecular weight is 419 g/mol. The maximum Gasteiger partial charge on any atom is 0.307 e. The molecule has 0 N–H and O–H groups in total. The SMILES string of the molecule is Cc1ccc(CN2CCN(C(=O)[C@@H]3CC(=O)O[C@H]3c3ccc(Cl)cc3)CC2)s1. The van der Waals surface area contributed by atoms with Crippen LogP contribution in [0.25, 0.3) is 0 Å². The number of rotatable bonds is 4. The molecule has 28 heavy (non-hydrogen) atoms. The summed E-state index contributed by atoms with van der Waals surface area (Å²) in [7, 11) is 0. The van der Waals surface area contributed by atoms with Crippen molar-refractivity contribution in [1.29, 1.82) is 0 Å². The number of halogens is 1. The summed E-state index contributed by atoms with van der Waals surface area (Å²) in [5, 5.41) is 0.619. The van der Waals surface area contributed by atoms with E-state index in [2.05, 4.69) is 24.0 Å². The predicted octanol–water partition coefficient (Wildman–Crippen LogP) is 3.66. The van der Waals surface area contributed by atoms with Crippen LogP contribution in [0.3, 0.4) is 0 Å². The third-order valence-electron chi connectivity index (χ3n) is 5.39. The van der Waals surface area contributed by atoms with Crippen LogP contribution in [0.2, 0.25) is 5.02 Å². The van der Waals surface area contributed by atoms with Gasteiger partial charge in [-0.3, -0.25) is 14.5 Å². The summed E-state index contributed by atoms with van der Waals surface area (Å²) in [6.07, 6.45) is -0.384. The third-order valence-corrected chi connectivity index (χ3v) is 6.62. The second kappa shape index (κ2) is 8.23. The maximum atomic E-state index is 13.1. The lowest BCUT2D eigenvalue weighted by molar-refractivity contribution is -0.142. The van der Waals surface area contributed by atoms with E-state index in [1.54, 1.807) is 12.1 Å². The van der Waals surface area contributed by atoms with Crippen LogP contribution in [-0.4, -0.2) is 47.9 Å². The average Bonchev–Trinajstić information content (AvgIpc) is 3.28. The molecule has 2 fully saturated rings. The number of hydrogen-bond donors (Lipinski definition) is 0. The van der Waals surface area contributed by atoms with E-state index < -0.39 is 12.0 Å². The number of aryl methyl sites for hydroxylation is 1. The molecule has 0 unspecified atom stereocenters. The van der Waals surface area contributed by atoms with E-state index in [0.717, 1.165) is 25.2 Å². The largest absolute Gasteiger partial charge is 0.457 e.